The first-order valence-corrected chi connectivity index (χ1v) is 5.82. The van der Waals surface area contributed by atoms with E-state index in [-0.39, 0.29) is 5.91 Å². The molecule has 0 heterocycles. The average molecular weight is 241 g/mol. The molecule has 0 unspecified atom stereocenters. The maximum Gasteiger partial charge on any atom is 0.233 e. The van der Waals surface area contributed by atoms with E-state index in [4.69, 9.17) is 11.6 Å². The second kappa shape index (κ2) is 7.25. The van der Waals surface area contributed by atoms with Crippen molar-refractivity contribution in [2.45, 2.75) is 13.3 Å². The molecule has 0 aliphatic rings. The van der Waals surface area contributed by atoms with Crippen LogP contribution in [-0.4, -0.2) is 25.5 Å². The maximum atomic E-state index is 11.1. The molecule has 3 nitrogen and oxygen atoms in total. The predicted molar refractivity (Wildman–Crippen MR) is 66.7 cm³/mol. The normalized spacial score (nSPS) is 10.1. The number of rotatable bonds is 6. The lowest BCUT2D eigenvalue weighted by Gasteiger charge is -2.05. The Labute approximate surface area is 101 Å². The van der Waals surface area contributed by atoms with E-state index in [0.717, 1.165) is 18.0 Å². The SMILES string of the molecule is CCNC(=O)CNCCc1ccc(Cl)cc1. The number of carbonyl (C=O) groups is 1. The standard InChI is InChI=1S/C12H17ClN2O/c1-2-15-12(16)9-14-8-7-10-3-5-11(13)6-4-10/h3-6,14H,2,7-9H2,1H3,(H,15,16). The monoisotopic (exact) mass is 240 g/mol. The van der Waals surface area contributed by atoms with Crippen LogP contribution in [0.4, 0.5) is 0 Å². The zero-order chi connectivity index (χ0) is 11.8. The molecule has 88 valence electrons. The summed E-state index contributed by atoms with van der Waals surface area (Å²) in [5.74, 6) is 0.0404. The van der Waals surface area contributed by atoms with Crippen molar-refractivity contribution in [2.75, 3.05) is 19.6 Å². The van der Waals surface area contributed by atoms with Gasteiger partial charge in [0.05, 0.1) is 6.54 Å². The quantitative estimate of drug-likeness (QED) is 0.742. The van der Waals surface area contributed by atoms with Crippen LogP contribution < -0.4 is 10.6 Å². The molecule has 1 aromatic carbocycles. The van der Waals surface area contributed by atoms with Crippen LogP contribution in [0.2, 0.25) is 5.02 Å². The van der Waals surface area contributed by atoms with E-state index in [9.17, 15) is 4.79 Å². The smallest absolute Gasteiger partial charge is 0.233 e. The Balaban J connectivity index is 2.16. The van der Waals surface area contributed by atoms with E-state index in [1.807, 2.05) is 31.2 Å². The Morgan fingerprint density at radius 1 is 1.31 bits per heavy atom. The third-order valence-electron chi connectivity index (χ3n) is 2.16. The fourth-order valence-corrected chi connectivity index (χ4v) is 1.47. The van der Waals surface area contributed by atoms with Crippen molar-refractivity contribution in [1.82, 2.24) is 10.6 Å². The Kier molecular flexibility index (Phi) is 5.90. The van der Waals surface area contributed by atoms with Crippen molar-refractivity contribution in [1.29, 1.82) is 0 Å². The lowest BCUT2D eigenvalue weighted by atomic mass is 10.1. The van der Waals surface area contributed by atoms with Gasteiger partial charge in [0.1, 0.15) is 0 Å². The van der Waals surface area contributed by atoms with Crippen LogP contribution in [0.15, 0.2) is 24.3 Å². The molecule has 0 atom stereocenters. The number of likely N-dealkylation sites (N-methyl/N-ethyl adjacent to an activating group) is 1. The van der Waals surface area contributed by atoms with Crippen LogP contribution in [0.5, 0.6) is 0 Å². The molecule has 1 amide bonds. The summed E-state index contributed by atoms with van der Waals surface area (Å²) in [6.07, 6.45) is 0.899. The van der Waals surface area contributed by atoms with Gasteiger partial charge in [-0.1, -0.05) is 23.7 Å². The highest BCUT2D eigenvalue weighted by molar-refractivity contribution is 6.30. The first kappa shape index (κ1) is 13.0. The van der Waals surface area contributed by atoms with Crippen molar-refractivity contribution in [3.63, 3.8) is 0 Å². The van der Waals surface area contributed by atoms with Crippen LogP contribution in [0, 0.1) is 0 Å². The Morgan fingerprint density at radius 2 is 2.00 bits per heavy atom. The van der Waals surface area contributed by atoms with Crippen LogP contribution in [0.25, 0.3) is 0 Å². The average Bonchev–Trinajstić information content (AvgIpc) is 2.27. The van der Waals surface area contributed by atoms with Crippen molar-refractivity contribution in [3.05, 3.63) is 34.9 Å². The van der Waals surface area contributed by atoms with Gasteiger partial charge in [0, 0.05) is 11.6 Å². The maximum absolute atomic E-state index is 11.1. The number of hydrogen-bond donors (Lipinski definition) is 2. The molecule has 1 aromatic rings. The van der Waals surface area contributed by atoms with Gasteiger partial charge in [0.25, 0.3) is 0 Å². The zero-order valence-electron chi connectivity index (χ0n) is 9.42. The summed E-state index contributed by atoms with van der Waals surface area (Å²) < 4.78 is 0. The second-order valence-corrected chi connectivity index (χ2v) is 3.94. The van der Waals surface area contributed by atoms with Crippen LogP contribution >= 0.6 is 11.6 Å². The number of nitrogens with one attached hydrogen (secondary N) is 2. The largest absolute Gasteiger partial charge is 0.355 e. The molecule has 0 spiro atoms. The van der Waals surface area contributed by atoms with E-state index in [0.29, 0.717) is 13.1 Å². The Hall–Kier alpha value is -1.06. The summed E-state index contributed by atoms with van der Waals surface area (Å²) in [4.78, 5) is 11.1. The molecule has 4 heteroatoms. The molecule has 0 bridgehead atoms. The first-order chi connectivity index (χ1) is 7.72. The summed E-state index contributed by atoms with van der Waals surface area (Å²) in [7, 11) is 0. The number of carbonyl (C=O) groups excluding carboxylic acids is 1. The van der Waals surface area contributed by atoms with Gasteiger partial charge in [-0.2, -0.15) is 0 Å². The molecule has 2 N–H and O–H groups in total. The van der Waals surface area contributed by atoms with Gasteiger partial charge in [-0.05, 0) is 37.6 Å². The highest BCUT2D eigenvalue weighted by atomic mass is 35.5. The highest BCUT2D eigenvalue weighted by Gasteiger charge is 1.98. The topological polar surface area (TPSA) is 41.1 Å². The minimum Gasteiger partial charge on any atom is -0.355 e. The summed E-state index contributed by atoms with van der Waals surface area (Å²) in [5.41, 5.74) is 1.22. The van der Waals surface area contributed by atoms with E-state index in [2.05, 4.69) is 10.6 Å². The molecule has 1 rings (SSSR count). The molecule has 0 aliphatic heterocycles. The van der Waals surface area contributed by atoms with Crippen molar-refractivity contribution >= 4 is 17.5 Å². The molecule has 0 aliphatic carbocycles. The minimum absolute atomic E-state index is 0.0404. The minimum atomic E-state index is 0.0404. The van der Waals surface area contributed by atoms with Crippen molar-refractivity contribution < 1.29 is 4.79 Å². The van der Waals surface area contributed by atoms with Gasteiger partial charge >= 0.3 is 0 Å². The summed E-state index contributed by atoms with van der Waals surface area (Å²) >= 11 is 5.78. The van der Waals surface area contributed by atoms with Crippen LogP contribution in [0.3, 0.4) is 0 Å². The molecular formula is C12H17ClN2O. The number of hydrogen-bond acceptors (Lipinski definition) is 2. The number of benzene rings is 1. The summed E-state index contributed by atoms with van der Waals surface area (Å²) in [6, 6.07) is 7.74. The van der Waals surface area contributed by atoms with Crippen LogP contribution in [-0.2, 0) is 11.2 Å². The predicted octanol–water partition coefficient (Wildman–Crippen LogP) is 1.61. The lowest BCUT2D eigenvalue weighted by Crippen LogP contribution is -2.34. The van der Waals surface area contributed by atoms with E-state index >= 15 is 0 Å². The molecule has 0 saturated heterocycles. The third kappa shape index (κ3) is 5.14. The first-order valence-electron chi connectivity index (χ1n) is 5.44. The van der Waals surface area contributed by atoms with Crippen molar-refractivity contribution in [3.8, 4) is 0 Å². The second-order valence-electron chi connectivity index (χ2n) is 3.51. The van der Waals surface area contributed by atoms with Gasteiger partial charge < -0.3 is 10.6 Å². The lowest BCUT2D eigenvalue weighted by molar-refractivity contribution is -0.120. The third-order valence-corrected chi connectivity index (χ3v) is 2.42. The van der Waals surface area contributed by atoms with Crippen molar-refractivity contribution in [2.24, 2.45) is 0 Å². The van der Waals surface area contributed by atoms with Gasteiger partial charge in [0.2, 0.25) is 5.91 Å². The van der Waals surface area contributed by atoms with Gasteiger partial charge in [0.15, 0.2) is 0 Å². The Morgan fingerprint density at radius 3 is 2.62 bits per heavy atom. The Bertz CT molecular complexity index is 324. The summed E-state index contributed by atoms with van der Waals surface area (Å²) in [5, 5.41) is 6.57. The molecule has 0 aromatic heterocycles. The van der Waals surface area contributed by atoms with Gasteiger partial charge in [-0.3, -0.25) is 4.79 Å². The molecule has 16 heavy (non-hydrogen) atoms. The molecule has 0 radical (unpaired) electrons. The van der Waals surface area contributed by atoms with E-state index < -0.39 is 0 Å². The molecule has 0 fully saturated rings. The van der Waals surface area contributed by atoms with Gasteiger partial charge in [-0.25, -0.2) is 0 Å². The number of amides is 1. The van der Waals surface area contributed by atoms with E-state index in [1.54, 1.807) is 0 Å². The van der Waals surface area contributed by atoms with Gasteiger partial charge in [-0.15, -0.1) is 0 Å². The fourth-order valence-electron chi connectivity index (χ4n) is 1.35. The molecular weight excluding hydrogens is 224 g/mol. The molecule has 0 saturated carbocycles. The van der Waals surface area contributed by atoms with Crippen LogP contribution in [0.1, 0.15) is 12.5 Å². The highest BCUT2D eigenvalue weighted by Crippen LogP contribution is 2.09. The zero-order valence-corrected chi connectivity index (χ0v) is 10.2. The fraction of sp³-hybridized carbons (Fsp3) is 0.417. The van der Waals surface area contributed by atoms with E-state index in [1.165, 1.54) is 5.56 Å². The number of halogens is 1. The summed E-state index contributed by atoms with van der Waals surface area (Å²) in [6.45, 7) is 3.75.